The van der Waals surface area contributed by atoms with E-state index in [0.717, 1.165) is 6.42 Å². The van der Waals surface area contributed by atoms with Crippen LogP contribution in [-0.4, -0.2) is 57.3 Å². The van der Waals surface area contributed by atoms with Crippen LogP contribution in [0.4, 0.5) is 11.4 Å². The number of nitrogens with one attached hydrogen (secondary N) is 1. The van der Waals surface area contributed by atoms with Crippen molar-refractivity contribution in [1.29, 1.82) is 0 Å². The first-order valence-electron chi connectivity index (χ1n) is 8.91. The van der Waals surface area contributed by atoms with Crippen LogP contribution < -0.4 is 10.2 Å². The zero-order valence-corrected chi connectivity index (χ0v) is 14.9. The van der Waals surface area contributed by atoms with Gasteiger partial charge in [-0.15, -0.1) is 0 Å². The molecule has 1 aromatic rings. The Morgan fingerprint density at radius 2 is 2.07 bits per heavy atom. The average molecular weight is 371 g/mol. The normalized spacial score (nSPS) is 22.5. The molecule has 1 saturated heterocycles. The minimum atomic E-state index is -3.24. The molecule has 4 N–H and O–H groups in total. The van der Waals surface area contributed by atoms with E-state index >= 15 is 0 Å². The Kier molecular flexibility index (Phi) is 3.93. The van der Waals surface area contributed by atoms with Crippen molar-refractivity contribution < 1.29 is 24.9 Å². The summed E-state index contributed by atoms with van der Waals surface area (Å²) in [6.45, 7) is 2.75. The Hall–Kier alpha value is -2.60. The molecule has 1 aliphatic carbocycles. The lowest BCUT2D eigenvalue weighted by atomic mass is 9.97. The smallest absolute Gasteiger partial charge is 0.376 e. The van der Waals surface area contributed by atoms with Crippen LogP contribution in [0.25, 0.3) is 0 Å². The van der Waals surface area contributed by atoms with Crippen molar-refractivity contribution >= 4 is 23.2 Å². The van der Waals surface area contributed by atoms with E-state index in [1.54, 1.807) is 24.0 Å². The number of amides is 2. The standard InChI is InChI=1S/C19H21N3O5/c1-2-3-16(23)21-9-6-13(11-21)20-12-4-5-14-15(10-12)22(19(25,26)27)17(24)18(14)7-8-18/h4-5,10,13,20,25-27H,6-9,11H2,1H3. The summed E-state index contributed by atoms with van der Waals surface area (Å²) < 4.78 is 0. The van der Waals surface area contributed by atoms with Gasteiger partial charge in [-0.25, -0.2) is 4.90 Å². The predicted molar refractivity (Wildman–Crippen MR) is 96.3 cm³/mol. The van der Waals surface area contributed by atoms with Crippen molar-refractivity contribution in [2.45, 2.75) is 43.7 Å². The summed E-state index contributed by atoms with van der Waals surface area (Å²) in [5.74, 6) is 4.43. The SMILES string of the molecule is CC#CC(=O)N1CCC(Nc2ccc3c(c2)N(C(O)(O)O)C(=O)C32CC2)C1. The predicted octanol–water partition coefficient (Wildman–Crippen LogP) is -0.311. The Bertz CT molecular complexity index is 876. The van der Waals surface area contributed by atoms with Gasteiger partial charge in [-0.1, -0.05) is 12.0 Å². The third-order valence-corrected chi connectivity index (χ3v) is 5.49. The number of benzene rings is 1. The van der Waals surface area contributed by atoms with Crippen molar-refractivity contribution in [2.75, 3.05) is 23.3 Å². The van der Waals surface area contributed by atoms with Crippen molar-refractivity contribution in [2.24, 2.45) is 0 Å². The molecule has 4 rings (SSSR count). The zero-order valence-electron chi connectivity index (χ0n) is 14.9. The fourth-order valence-corrected chi connectivity index (χ4v) is 4.04. The van der Waals surface area contributed by atoms with E-state index in [0.29, 0.717) is 42.1 Å². The molecule has 8 nitrogen and oxygen atoms in total. The highest BCUT2D eigenvalue weighted by Gasteiger charge is 2.62. The number of likely N-dealkylation sites (tertiary alicyclic amines) is 1. The van der Waals surface area contributed by atoms with Crippen molar-refractivity contribution in [3.8, 4) is 11.8 Å². The van der Waals surface area contributed by atoms with Crippen molar-refractivity contribution in [3.05, 3.63) is 23.8 Å². The summed E-state index contributed by atoms with van der Waals surface area (Å²) in [6, 6.07) is 5.27. The lowest BCUT2D eigenvalue weighted by Gasteiger charge is -2.27. The molecule has 1 aromatic carbocycles. The van der Waals surface area contributed by atoms with Crippen LogP contribution in [-0.2, 0) is 15.0 Å². The molecule has 1 unspecified atom stereocenters. The van der Waals surface area contributed by atoms with Crippen molar-refractivity contribution in [1.82, 2.24) is 4.90 Å². The molecule has 8 heteroatoms. The van der Waals surface area contributed by atoms with Crippen LogP contribution >= 0.6 is 0 Å². The second-order valence-electron chi connectivity index (χ2n) is 7.31. The van der Waals surface area contributed by atoms with Gasteiger partial charge in [0.15, 0.2) is 0 Å². The molecule has 27 heavy (non-hydrogen) atoms. The number of rotatable bonds is 3. The monoisotopic (exact) mass is 371 g/mol. The topological polar surface area (TPSA) is 113 Å². The molecule has 0 radical (unpaired) electrons. The van der Waals surface area contributed by atoms with Crippen LogP contribution in [0.1, 0.15) is 31.7 Å². The molecule has 2 aliphatic heterocycles. The van der Waals surface area contributed by atoms with Gasteiger partial charge in [0.05, 0.1) is 11.1 Å². The fraction of sp³-hybridized carbons (Fsp3) is 0.474. The van der Waals surface area contributed by atoms with Gasteiger partial charge in [0.1, 0.15) is 0 Å². The van der Waals surface area contributed by atoms with Gasteiger partial charge in [-0.3, -0.25) is 9.59 Å². The number of fused-ring (bicyclic) bond motifs is 2. The summed E-state index contributed by atoms with van der Waals surface area (Å²) in [5.41, 5.74) is 0.913. The maximum absolute atomic E-state index is 12.6. The molecular formula is C19H21N3O5. The lowest BCUT2D eigenvalue weighted by molar-refractivity contribution is -0.306. The quantitative estimate of drug-likeness (QED) is 0.428. The lowest BCUT2D eigenvalue weighted by Crippen LogP contribution is -2.52. The molecule has 2 fully saturated rings. The Labute approximate surface area is 156 Å². The van der Waals surface area contributed by atoms with E-state index in [2.05, 4.69) is 17.2 Å². The van der Waals surface area contributed by atoms with Crippen LogP contribution in [0.3, 0.4) is 0 Å². The molecule has 0 aromatic heterocycles. The zero-order chi connectivity index (χ0) is 19.4. The Morgan fingerprint density at radius 3 is 2.70 bits per heavy atom. The van der Waals surface area contributed by atoms with E-state index in [1.807, 2.05) is 6.07 Å². The third kappa shape index (κ3) is 2.84. The summed E-state index contributed by atoms with van der Waals surface area (Å²) in [6.07, 6.45) is -1.25. The largest absolute Gasteiger partial charge is 0.380 e. The molecule has 0 bridgehead atoms. The van der Waals surface area contributed by atoms with Crippen molar-refractivity contribution in [3.63, 3.8) is 0 Å². The summed E-state index contributed by atoms with van der Waals surface area (Å²) in [5, 5.41) is 32.3. The van der Waals surface area contributed by atoms with Crippen LogP contribution in [0.15, 0.2) is 18.2 Å². The molecule has 1 spiro atoms. The van der Waals surface area contributed by atoms with Gasteiger partial charge in [0.2, 0.25) is 5.91 Å². The number of hydrogen-bond acceptors (Lipinski definition) is 6. The number of aliphatic hydroxyl groups is 3. The van der Waals surface area contributed by atoms with E-state index in [9.17, 15) is 24.9 Å². The summed E-state index contributed by atoms with van der Waals surface area (Å²) in [4.78, 5) is 26.8. The van der Waals surface area contributed by atoms with Crippen LogP contribution in [0.5, 0.6) is 0 Å². The second-order valence-corrected chi connectivity index (χ2v) is 7.31. The minimum absolute atomic E-state index is 0.0215. The first kappa shape index (κ1) is 17.8. The highest BCUT2D eigenvalue weighted by Crippen LogP contribution is 2.58. The van der Waals surface area contributed by atoms with E-state index in [4.69, 9.17) is 0 Å². The second kappa shape index (κ2) is 5.96. The fourth-order valence-electron chi connectivity index (χ4n) is 4.04. The maximum atomic E-state index is 12.6. The molecule has 1 saturated carbocycles. The van der Waals surface area contributed by atoms with Gasteiger partial charge in [0.25, 0.3) is 5.91 Å². The number of hydrogen-bond donors (Lipinski definition) is 4. The number of nitrogens with zero attached hydrogens (tertiary/aromatic N) is 2. The maximum Gasteiger partial charge on any atom is 0.376 e. The highest BCUT2D eigenvalue weighted by atomic mass is 16.7. The van der Waals surface area contributed by atoms with Gasteiger partial charge in [-0.05, 0) is 49.8 Å². The number of carbonyl (C=O) groups is 2. The molecular weight excluding hydrogens is 350 g/mol. The highest BCUT2D eigenvalue weighted by molar-refractivity contribution is 6.10. The third-order valence-electron chi connectivity index (χ3n) is 5.49. The van der Waals surface area contributed by atoms with Gasteiger partial charge < -0.3 is 25.5 Å². The number of anilines is 2. The van der Waals surface area contributed by atoms with E-state index < -0.39 is 17.4 Å². The van der Waals surface area contributed by atoms with Gasteiger partial charge in [0, 0.05) is 24.8 Å². The summed E-state index contributed by atoms with van der Waals surface area (Å²) >= 11 is 0. The average Bonchev–Trinajstić information content (AvgIpc) is 3.19. The Balaban J connectivity index is 1.56. The first-order valence-corrected chi connectivity index (χ1v) is 8.91. The minimum Gasteiger partial charge on any atom is -0.380 e. The molecule has 3 aliphatic rings. The van der Waals surface area contributed by atoms with E-state index in [-0.39, 0.29) is 17.6 Å². The first-order chi connectivity index (χ1) is 12.8. The van der Waals surface area contributed by atoms with Crippen LogP contribution in [0, 0.1) is 11.8 Å². The van der Waals surface area contributed by atoms with Crippen LogP contribution in [0.2, 0.25) is 0 Å². The molecule has 2 heterocycles. The van der Waals surface area contributed by atoms with Gasteiger partial charge in [-0.2, -0.15) is 0 Å². The molecule has 142 valence electrons. The molecule has 1 atom stereocenters. The Morgan fingerprint density at radius 1 is 1.33 bits per heavy atom. The molecule has 2 amide bonds. The summed E-state index contributed by atoms with van der Waals surface area (Å²) in [7, 11) is 0. The van der Waals surface area contributed by atoms with E-state index in [1.165, 1.54) is 0 Å². The van der Waals surface area contributed by atoms with Gasteiger partial charge >= 0.3 is 6.10 Å². The number of carbonyl (C=O) groups excluding carboxylic acids is 2.